The zero-order valence-electron chi connectivity index (χ0n) is 33.5. The Kier molecular flexibility index (Phi) is 28.3. The number of fused-ring (bicyclic) bond motifs is 2. The second-order valence-corrected chi connectivity index (χ2v) is 12.8. The highest BCUT2D eigenvalue weighted by Crippen LogP contribution is 2.43. The molecule has 1 aromatic carbocycles. The van der Waals surface area contributed by atoms with E-state index in [2.05, 4.69) is 123 Å². The highest BCUT2D eigenvalue weighted by atomic mass is 31.2. The molecular formula is C41H66FN2O6P. The molecule has 1 aliphatic carbocycles. The summed E-state index contributed by atoms with van der Waals surface area (Å²) in [4.78, 5) is 25.7. The van der Waals surface area contributed by atoms with Crippen LogP contribution < -0.4 is 10.3 Å². The molecule has 0 aromatic heterocycles. The van der Waals surface area contributed by atoms with Crippen LogP contribution in [0.3, 0.4) is 0 Å². The molecule has 1 aromatic rings. The van der Waals surface area contributed by atoms with Crippen LogP contribution in [-0.2, 0) is 18.8 Å². The first-order valence-electron chi connectivity index (χ1n) is 18.4. The minimum atomic E-state index is -4.04. The topological polar surface area (TPSA) is 102 Å². The summed E-state index contributed by atoms with van der Waals surface area (Å²) in [5.41, 5.74) is 6.87. The number of esters is 1. The number of hydrogen-bond donors (Lipinski definition) is 1. The molecule has 0 bridgehead atoms. The predicted molar refractivity (Wildman–Crippen MR) is 216 cm³/mol. The fourth-order valence-corrected chi connectivity index (χ4v) is 5.45. The van der Waals surface area contributed by atoms with E-state index in [1.807, 2.05) is 33.8 Å². The fourth-order valence-electron chi connectivity index (χ4n) is 4.76. The van der Waals surface area contributed by atoms with Gasteiger partial charge in [0.2, 0.25) is 0 Å². The van der Waals surface area contributed by atoms with Gasteiger partial charge in [0.05, 0.1) is 18.1 Å². The van der Waals surface area contributed by atoms with Gasteiger partial charge in [-0.15, -0.1) is 11.3 Å². The predicted octanol–water partition coefficient (Wildman–Crippen LogP) is 12.1. The van der Waals surface area contributed by atoms with Gasteiger partial charge in [0.1, 0.15) is 11.3 Å². The van der Waals surface area contributed by atoms with Crippen LogP contribution in [-0.4, -0.2) is 43.3 Å². The number of allylic oxidation sites excluding steroid dienone is 5. The summed E-state index contributed by atoms with van der Waals surface area (Å²) in [6.07, 6.45) is 8.92. The first-order valence-corrected chi connectivity index (χ1v) is 20.2. The quantitative estimate of drug-likeness (QED) is 0.0439. The molecule has 8 nitrogen and oxygen atoms in total. The highest BCUT2D eigenvalue weighted by Gasteiger charge is 2.20. The third-order valence-electron chi connectivity index (χ3n) is 6.87. The van der Waals surface area contributed by atoms with E-state index in [0.717, 1.165) is 53.7 Å². The molecule has 1 heterocycles. The minimum Gasteiger partial charge on any atom is -0.466 e. The molecule has 51 heavy (non-hydrogen) atoms. The normalized spacial score (nSPS) is 12.5. The van der Waals surface area contributed by atoms with Gasteiger partial charge in [0.15, 0.2) is 0 Å². The van der Waals surface area contributed by atoms with Crippen molar-refractivity contribution in [2.45, 2.75) is 109 Å². The molecule has 1 N–H and O–H groups in total. The van der Waals surface area contributed by atoms with Gasteiger partial charge in [0.25, 0.3) is 0 Å². The summed E-state index contributed by atoms with van der Waals surface area (Å²) >= 11 is 0. The number of anilines is 1. The van der Waals surface area contributed by atoms with Crippen LogP contribution >= 0.6 is 7.60 Å². The molecule has 0 amide bonds. The van der Waals surface area contributed by atoms with Crippen molar-refractivity contribution in [3.8, 4) is 11.3 Å². The molecule has 0 saturated heterocycles. The first-order chi connectivity index (χ1) is 24.4. The van der Waals surface area contributed by atoms with E-state index >= 15 is 0 Å². The van der Waals surface area contributed by atoms with Crippen molar-refractivity contribution >= 4 is 35.8 Å². The average molecular weight is 733 g/mol. The number of hydrogen-bond acceptors (Lipinski definition) is 7. The van der Waals surface area contributed by atoms with Crippen LogP contribution in [0.25, 0.3) is 27.9 Å². The van der Waals surface area contributed by atoms with Gasteiger partial charge in [-0.2, -0.15) is 0 Å². The van der Waals surface area contributed by atoms with E-state index in [4.69, 9.17) is 9.31 Å². The Balaban J connectivity index is 0. The Morgan fingerprint density at radius 1 is 1.02 bits per heavy atom. The van der Waals surface area contributed by atoms with Gasteiger partial charge in [-0.3, -0.25) is 14.4 Å². The number of carbonyl (C=O) groups is 1. The summed E-state index contributed by atoms with van der Waals surface area (Å²) in [6, 6.07) is 12.8. The molecule has 1 unspecified atom stereocenters. The summed E-state index contributed by atoms with van der Waals surface area (Å²) in [6.45, 7) is 30.9. The van der Waals surface area contributed by atoms with Crippen molar-refractivity contribution in [2.75, 3.05) is 37.3 Å². The third kappa shape index (κ3) is 18.5. The molecule has 2 aliphatic rings. The van der Waals surface area contributed by atoms with Crippen LogP contribution in [0.2, 0.25) is 0 Å². The molecule has 1 atom stereocenters. The Morgan fingerprint density at radius 3 is 2.16 bits per heavy atom. The lowest BCUT2D eigenvalue weighted by atomic mass is 9.92. The molecule has 0 fully saturated rings. The van der Waals surface area contributed by atoms with Crippen molar-refractivity contribution < 1.29 is 32.7 Å². The van der Waals surface area contributed by atoms with Gasteiger partial charge in [-0.1, -0.05) is 71.8 Å². The third-order valence-corrected chi connectivity index (χ3v) is 7.97. The highest BCUT2D eigenvalue weighted by molar-refractivity contribution is 7.52. The monoisotopic (exact) mass is 732 g/mol. The van der Waals surface area contributed by atoms with Crippen LogP contribution in [0.5, 0.6) is 0 Å². The molecule has 1 aliphatic heterocycles. The van der Waals surface area contributed by atoms with Crippen molar-refractivity contribution in [2.24, 2.45) is 4.99 Å². The maximum absolute atomic E-state index is 11.3. The van der Waals surface area contributed by atoms with E-state index in [0.29, 0.717) is 6.42 Å². The number of halogens is 1. The van der Waals surface area contributed by atoms with Gasteiger partial charge in [-0.25, -0.2) is 0 Å². The number of rotatable bonds is 14. The number of ether oxygens (including phenoxy) is 1. The molecule has 10 heteroatoms. The van der Waals surface area contributed by atoms with Gasteiger partial charge in [0, 0.05) is 60.9 Å². The molecule has 3 rings (SSSR count). The van der Waals surface area contributed by atoms with E-state index in [1.54, 1.807) is 0 Å². The maximum Gasteiger partial charge on any atom is 0.361 e. The van der Waals surface area contributed by atoms with E-state index in [9.17, 15) is 13.9 Å². The fraction of sp³-hybridized carbons (Fsp3) is 0.512. The second kappa shape index (κ2) is 29.1. The van der Waals surface area contributed by atoms with E-state index < -0.39 is 13.6 Å². The summed E-state index contributed by atoms with van der Waals surface area (Å²) in [7, 11) is -4.04. The molecule has 288 valence electrons. The number of unbranched alkanes of at least 4 members (excludes halogenated alkanes) is 1. The lowest BCUT2D eigenvalue weighted by Crippen LogP contribution is -2.21. The van der Waals surface area contributed by atoms with Gasteiger partial charge in [-0.05, 0) is 88.2 Å². The van der Waals surface area contributed by atoms with E-state index in [1.165, 1.54) is 35.7 Å². The molecular weight excluding hydrogens is 666 g/mol. The minimum absolute atomic E-state index is 0.168. The van der Waals surface area contributed by atoms with Crippen molar-refractivity contribution in [3.05, 3.63) is 77.7 Å². The summed E-state index contributed by atoms with van der Waals surface area (Å²) in [5, 5.41) is 2.07. The zero-order valence-corrected chi connectivity index (χ0v) is 34.4. The van der Waals surface area contributed by atoms with Crippen molar-refractivity contribution in [3.63, 3.8) is 0 Å². The SMILES string of the molecule is C=CCC(C)=C/C(=C\C)c1c2ccc(=NCC)cc-2oc2cc(N(CC)CC)ccc12.CC.CC.CC(=O)OCCCCP(=O)(O)OF.CCC. The van der Waals surface area contributed by atoms with E-state index in [-0.39, 0.29) is 19.2 Å². The Morgan fingerprint density at radius 2 is 1.65 bits per heavy atom. The lowest BCUT2D eigenvalue weighted by molar-refractivity contribution is -0.141. The Hall–Kier alpha value is -3.52. The molecule has 0 radical (unpaired) electrons. The molecule has 0 saturated carbocycles. The average Bonchev–Trinajstić information content (AvgIpc) is 3.12. The van der Waals surface area contributed by atoms with Crippen LogP contribution in [0.15, 0.2) is 76.2 Å². The summed E-state index contributed by atoms with van der Waals surface area (Å²) in [5.74, 6) is 0.456. The number of carbonyl (C=O) groups excluding carboxylic acids is 1. The Bertz CT molecular complexity index is 1560. The Labute approximate surface area is 307 Å². The smallest absolute Gasteiger partial charge is 0.361 e. The largest absolute Gasteiger partial charge is 0.466 e. The summed E-state index contributed by atoms with van der Waals surface area (Å²) < 4.78 is 35.7. The zero-order chi connectivity index (χ0) is 39.4. The van der Waals surface area contributed by atoms with Crippen molar-refractivity contribution in [1.82, 2.24) is 0 Å². The standard InChI is InChI=1S/C28H34N2O.C6H12FO5P.C3H8.2C2H6/c1-7-12-20(6)17-21(8-2)28-24-15-13-22(29-9-3)18-26(24)31-27-19-23(14-16-25(27)28)30(10-4)11-5;1-6(8)11-4-2-3-5-13(9,10)12-7;1-3-2;2*1-2/h7-8,13-19H,1,9-12H2,2-6H3;2-5H2,1H3,(H,9,10);3H2,1-2H3;2*1-2H3/b20-17?,21-8+,29-22?;;;;. The second-order valence-electron chi connectivity index (χ2n) is 10.9. The van der Waals surface area contributed by atoms with Gasteiger partial charge < -0.3 is 18.9 Å². The van der Waals surface area contributed by atoms with Crippen LogP contribution in [0.4, 0.5) is 10.2 Å². The first kappa shape index (κ1) is 49.6. The maximum atomic E-state index is 11.3. The molecule has 0 spiro atoms. The van der Waals surface area contributed by atoms with Gasteiger partial charge >= 0.3 is 13.6 Å². The van der Waals surface area contributed by atoms with Crippen LogP contribution in [0, 0.1) is 0 Å². The number of benzene rings is 2. The van der Waals surface area contributed by atoms with Crippen LogP contribution in [0.1, 0.15) is 114 Å². The number of nitrogens with zero attached hydrogens (tertiary/aromatic N) is 2. The lowest BCUT2D eigenvalue weighted by Gasteiger charge is -2.22. The van der Waals surface area contributed by atoms with Crippen molar-refractivity contribution in [1.29, 1.82) is 0 Å².